The summed E-state index contributed by atoms with van der Waals surface area (Å²) in [4.78, 5) is 0. The van der Waals surface area contributed by atoms with Crippen LogP contribution in [-0.2, 0) is 71.5 Å². The summed E-state index contributed by atoms with van der Waals surface area (Å²) in [5, 5.41) is 10.7. The van der Waals surface area contributed by atoms with Gasteiger partial charge in [-0.25, -0.2) is 18.3 Å². The molecule has 120 heavy (non-hydrogen) atoms. The van der Waals surface area contributed by atoms with Crippen molar-refractivity contribution in [3.8, 4) is 89.5 Å². The van der Waals surface area contributed by atoms with Gasteiger partial charge >= 0.3 is 0 Å². The van der Waals surface area contributed by atoms with Crippen molar-refractivity contribution in [3.63, 3.8) is 0 Å². The van der Waals surface area contributed by atoms with Crippen LogP contribution in [0.1, 0.15) is 178 Å². The third-order valence-electron chi connectivity index (χ3n) is 31.3. The van der Waals surface area contributed by atoms with E-state index in [9.17, 15) is 0 Å². The highest BCUT2D eigenvalue weighted by Crippen LogP contribution is 2.62. The van der Waals surface area contributed by atoms with Crippen LogP contribution in [0.15, 0.2) is 292 Å². The van der Waals surface area contributed by atoms with Crippen molar-refractivity contribution in [1.82, 2.24) is 0 Å². The van der Waals surface area contributed by atoms with Crippen molar-refractivity contribution >= 4 is 43.1 Å². The van der Waals surface area contributed by atoms with Crippen molar-refractivity contribution in [2.45, 2.75) is 182 Å². The molecule has 0 bridgehead atoms. The summed E-state index contributed by atoms with van der Waals surface area (Å²) in [5.41, 5.74) is 38.9. The second-order valence-electron chi connectivity index (χ2n) is 39.3. The Morgan fingerprint density at radius 3 is 0.917 bits per heavy atom. The number of benzene rings is 12. The van der Waals surface area contributed by atoms with Crippen LogP contribution in [0.5, 0.6) is 0 Å². The smallest absolute Gasteiger partial charge is 0.201 e. The van der Waals surface area contributed by atoms with Crippen LogP contribution in [0.25, 0.3) is 133 Å². The molecule has 16 aromatic rings. The largest absolute Gasteiger partial charge is 0.212 e. The highest BCUT2D eigenvalue weighted by atomic mass is 14.9. The molecule has 4 aromatic heterocycles. The fourth-order valence-corrected chi connectivity index (χ4v) is 22.0. The van der Waals surface area contributed by atoms with E-state index in [0.717, 1.165) is 0 Å². The van der Waals surface area contributed by atoms with Gasteiger partial charge in [-0.3, -0.25) is 0 Å². The molecule has 4 aliphatic carbocycles. The van der Waals surface area contributed by atoms with Gasteiger partial charge in [-0.15, -0.1) is 0 Å². The van der Waals surface area contributed by atoms with Crippen LogP contribution in [0.3, 0.4) is 0 Å². The summed E-state index contributed by atoms with van der Waals surface area (Å²) < 4.78 is 8.91. The fraction of sp³-hybridized carbons (Fsp3) is 0.276. The SMILES string of the molecule is Cc1c(-c2cccc[n+]2C)ccc2c1C(C)(C)C(C)(C)c1c-2ccc2ccccc12.Cc1c(-c2cccc[n+]2C)ccc2c1C(C)(C)C(C)(C)c1cc3ccccc3cc1-2.Cc1c(-c2cccc[n+]2C)ccc2c1C(C)(C)C(C)(C)c1ccc3ccccc3c1-2.Cc1ccc2c(c1-c1cccc[n+]1C)C(C)(C)C(C)(C)c1ccc3ccccc3c1-2. The molecule has 0 saturated heterocycles. The summed E-state index contributed by atoms with van der Waals surface area (Å²) in [6.07, 6.45) is 8.54. The van der Waals surface area contributed by atoms with Gasteiger partial charge in [-0.05, 0) is 269 Å². The van der Waals surface area contributed by atoms with Crippen LogP contribution in [0, 0.1) is 27.7 Å². The van der Waals surface area contributed by atoms with Crippen molar-refractivity contribution in [2.24, 2.45) is 28.2 Å². The maximum absolute atomic E-state index is 2.43. The monoisotopic (exact) mass is 1570 g/mol. The zero-order chi connectivity index (χ0) is 85.0. The van der Waals surface area contributed by atoms with Gasteiger partial charge in [0, 0.05) is 76.1 Å². The molecular weight excluding hydrogens is 1450 g/mol. The third-order valence-corrected chi connectivity index (χ3v) is 31.3. The standard InChI is InChI=1S/4C29H30N/c1-19-21(25-13-9-10-18-30(25)6)15-16-23-26-22-12-8-7-11-20(22)14-17-24(26)28(2,3)29(4,5)27(19)23;1-19-14-16-22-26-21-12-8-7-11-20(21)15-17-23(26)28(2,3)29(4,5)27(22)25(19)24-13-9-10-18-30(24)6;1-19-21(25-13-9-10-18-30(25)6)16-17-23-24-15-14-20-11-7-8-12-22(20)27(24)29(4,5)28(2,3)26(19)23;1-19-22(26-13-9-10-16-30(26)6)14-15-23-24-17-20-11-7-8-12-21(20)18-25(24)28(2,3)29(4,5)27(19)23/h4*7-18H,1-6H3/q4*+1. The van der Waals surface area contributed by atoms with Crippen LogP contribution in [0.2, 0.25) is 0 Å². The highest BCUT2D eigenvalue weighted by Gasteiger charge is 2.52. The van der Waals surface area contributed by atoms with E-state index in [2.05, 4.69) is 477 Å². The van der Waals surface area contributed by atoms with Gasteiger partial charge in [0.15, 0.2) is 24.8 Å². The van der Waals surface area contributed by atoms with Crippen LogP contribution < -0.4 is 18.3 Å². The molecule has 0 atom stereocenters. The molecule has 0 spiro atoms. The van der Waals surface area contributed by atoms with E-state index in [-0.39, 0.29) is 43.3 Å². The Balaban J connectivity index is 0.000000114. The van der Waals surface area contributed by atoms with Gasteiger partial charge in [-0.2, -0.15) is 0 Å². The summed E-state index contributed by atoms with van der Waals surface area (Å²) in [5.74, 6) is 0. The van der Waals surface area contributed by atoms with Crippen molar-refractivity contribution in [2.75, 3.05) is 0 Å². The Hall–Kier alpha value is -11.7. The lowest BCUT2D eigenvalue weighted by Crippen LogP contribution is -2.44. The minimum absolute atomic E-state index is 0.00153. The summed E-state index contributed by atoms with van der Waals surface area (Å²) >= 11 is 0. The summed E-state index contributed by atoms with van der Waals surface area (Å²) in [6.45, 7) is 47.9. The number of rotatable bonds is 4. The predicted octanol–water partition coefficient (Wildman–Crippen LogP) is 27.5. The molecule has 0 amide bonds. The number of pyridine rings is 4. The number of hydrogen-bond acceptors (Lipinski definition) is 0. The lowest BCUT2D eigenvalue weighted by Gasteiger charge is -2.49. The van der Waals surface area contributed by atoms with Gasteiger partial charge in [0.25, 0.3) is 0 Å². The van der Waals surface area contributed by atoms with Gasteiger partial charge in [0.1, 0.15) is 28.2 Å². The molecule has 12 aromatic carbocycles. The first-order valence-electron chi connectivity index (χ1n) is 43.5. The van der Waals surface area contributed by atoms with Gasteiger partial charge in [0.2, 0.25) is 22.8 Å². The molecular formula is C116H120N4+4. The van der Waals surface area contributed by atoms with Gasteiger partial charge in [0.05, 0.1) is 5.56 Å². The molecule has 0 aliphatic heterocycles. The first-order chi connectivity index (χ1) is 57.0. The van der Waals surface area contributed by atoms with Crippen LogP contribution >= 0.6 is 0 Å². The van der Waals surface area contributed by atoms with E-state index in [4.69, 9.17) is 0 Å². The Bertz CT molecular complexity index is 6760. The maximum atomic E-state index is 2.43. The topological polar surface area (TPSA) is 15.5 Å². The van der Waals surface area contributed by atoms with E-state index >= 15 is 0 Å². The summed E-state index contributed by atoms with van der Waals surface area (Å²) in [7, 11) is 8.54. The van der Waals surface area contributed by atoms with Crippen LogP contribution in [0.4, 0.5) is 0 Å². The van der Waals surface area contributed by atoms with Crippen LogP contribution in [-0.4, -0.2) is 0 Å². The minimum Gasteiger partial charge on any atom is -0.201 e. The zero-order valence-corrected chi connectivity index (χ0v) is 75.5. The van der Waals surface area contributed by atoms with E-state index in [0.29, 0.717) is 0 Å². The first-order valence-corrected chi connectivity index (χ1v) is 43.5. The van der Waals surface area contributed by atoms with Gasteiger partial charge < -0.3 is 0 Å². The number of aromatic nitrogens is 4. The molecule has 0 unspecified atom stereocenters. The highest BCUT2D eigenvalue weighted by molar-refractivity contribution is 6.04. The molecule has 0 radical (unpaired) electrons. The quantitative estimate of drug-likeness (QED) is 0.156. The molecule has 4 heteroatoms. The normalized spacial score (nSPS) is 16.2. The Labute approximate surface area is 714 Å². The third kappa shape index (κ3) is 12.2. The molecule has 0 fully saturated rings. The average Bonchev–Trinajstić information content (AvgIpc) is 0.708. The first kappa shape index (κ1) is 80.7. The fourth-order valence-electron chi connectivity index (χ4n) is 22.0. The Kier molecular flexibility index (Phi) is 19.5. The second kappa shape index (κ2) is 29.0. The van der Waals surface area contributed by atoms with Crippen molar-refractivity contribution in [1.29, 1.82) is 0 Å². The van der Waals surface area contributed by atoms with E-state index < -0.39 is 0 Å². The Morgan fingerprint density at radius 2 is 0.475 bits per heavy atom. The van der Waals surface area contributed by atoms with E-state index in [1.54, 1.807) is 0 Å². The van der Waals surface area contributed by atoms with E-state index in [1.165, 1.54) is 199 Å². The zero-order valence-electron chi connectivity index (χ0n) is 75.5. The molecule has 0 saturated carbocycles. The number of nitrogens with zero attached hydrogens (tertiary/aromatic N) is 4. The maximum Gasteiger partial charge on any atom is 0.212 e. The minimum atomic E-state index is -0.0258. The average molecular weight is 1570 g/mol. The summed E-state index contributed by atoms with van der Waals surface area (Å²) in [6, 6.07) is 98.5. The van der Waals surface area contributed by atoms with Gasteiger partial charge in [-0.1, -0.05) is 275 Å². The number of aryl methyl sites for hydroxylation is 5. The molecule has 600 valence electrons. The van der Waals surface area contributed by atoms with Crippen molar-refractivity contribution in [3.05, 3.63) is 358 Å². The number of hydrogen-bond donors (Lipinski definition) is 0. The Morgan fingerprint density at radius 1 is 0.192 bits per heavy atom. The lowest BCUT2D eigenvalue weighted by atomic mass is 9.54. The molecule has 4 aliphatic rings. The molecule has 0 N–H and O–H groups in total. The second-order valence-corrected chi connectivity index (χ2v) is 39.3. The predicted molar refractivity (Wildman–Crippen MR) is 507 cm³/mol. The molecule has 4 heterocycles. The lowest BCUT2D eigenvalue weighted by molar-refractivity contribution is -0.660. The van der Waals surface area contributed by atoms with E-state index in [1.807, 2.05) is 0 Å². The molecule has 4 nitrogen and oxygen atoms in total. The van der Waals surface area contributed by atoms with Crippen molar-refractivity contribution < 1.29 is 18.3 Å². The number of fused-ring (bicyclic) bond motifs is 19. The molecule has 20 rings (SSSR count).